The van der Waals surface area contributed by atoms with Gasteiger partial charge in [-0.15, -0.1) is 0 Å². The third-order valence-electron chi connectivity index (χ3n) is 5.40. The summed E-state index contributed by atoms with van der Waals surface area (Å²) in [6, 6.07) is 17.8. The van der Waals surface area contributed by atoms with Crippen molar-refractivity contribution in [3.63, 3.8) is 0 Å². The van der Waals surface area contributed by atoms with Crippen LogP contribution in [0.5, 0.6) is 5.75 Å². The fraction of sp³-hybridized carbons (Fsp3) is 0.240. The minimum Gasteiger partial charge on any atom is -0.487 e. The number of nitrogens with zero attached hydrogens (tertiary/aromatic N) is 1. The van der Waals surface area contributed by atoms with Crippen LogP contribution in [-0.4, -0.2) is 29.4 Å². The second-order valence-corrected chi connectivity index (χ2v) is 7.71. The van der Waals surface area contributed by atoms with Crippen molar-refractivity contribution in [3.05, 3.63) is 83.7 Å². The maximum Gasteiger partial charge on any atom is 0.250 e. The van der Waals surface area contributed by atoms with Crippen LogP contribution in [0.3, 0.4) is 0 Å². The summed E-state index contributed by atoms with van der Waals surface area (Å²) >= 11 is 0. The van der Waals surface area contributed by atoms with Gasteiger partial charge in [-0.2, -0.15) is 0 Å². The lowest BCUT2D eigenvalue weighted by Crippen LogP contribution is -2.34. The highest BCUT2D eigenvalue weighted by Gasteiger charge is 2.26. The van der Waals surface area contributed by atoms with Gasteiger partial charge in [-0.1, -0.05) is 48.5 Å². The first-order chi connectivity index (χ1) is 15.1. The molecule has 31 heavy (non-hydrogen) atoms. The number of pyridine rings is 1. The van der Waals surface area contributed by atoms with Gasteiger partial charge in [-0.05, 0) is 30.0 Å². The van der Waals surface area contributed by atoms with Gasteiger partial charge in [-0.25, -0.2) is 0 Å². The first kappa shape index (κ1) is 20.6. The molecule has 1 atom stereocenters. The van der Waals surface area contributed by atoms with Gasteiger partial charge in [0.1, 0.15) is 11.9 Å². The van der Waals surface area contributed by atoms with Crippen molar-refractivity contribution in [2.24, 2.45) is 5.73 Å². The summed E-state index contributed by atoms with van der Waals surface area (Å²) in [7, 11) is 0. The first-order valence-corrected chi connectivity index (χ1v) is 10.4. The fourth-order valence-electron chi connectivity index (χ4n) is 3.82. The molecule has 3 aromatic rings. The molecule has 1 unspecified atom stereocenters. The minimum atomic E-state index is -0.518. The Morgan fingerprint density at radius 1 is 1.10 bits per heavy atom. The highest BCUT2D eigenvalue weighted by molar-refractivity contribution is 5.94. The predicted octanol–water partition coefficient (Wildman–Crippen LogP) is 3.29. The normalized spacial score (nSPS) is 14.5. The van der Waals surface area contributed by atoms with E-state index in [0.29, 0.717) is 18.5 Å². The summed E-state index contributed by atoms with van der Waals surface area (Å²) in [5, 5.41) is 2.99. The maximum atomic E-state index is 12.2. The molecule has 0 saturated heterocycles. The molecule has 2 aromatic carbocycles. The summed E-state index contributed by atoms with van der Waals surface area (Å²) < 4.78 is 6.16. The third-order valence-corrected chi connectivity index (χ3v) is 5.40. The molecule has 0 bridgehead atoms. The number of nitrogens with one attached hydrogen (secondary N) is 1. The molecule has 3 N–H and O–H groups in total. The number of aryl methyl sites for hydroxylation is 1. The van der Waals surface area contributed by atoms with E-state index in [2.05, 4.69) is 22.4 Å². The molecule has 0 spiro atoms. The quantitative estimate of drug-likeness (QED) is 0.590. The van der Waals surface area contributed by atoms with E-state index in [1.807, 2.05) is 36.4 Å². The van der Waals surface area contributed by atoms with Gasteiger partial charge in [0.15, 0.2) is 0 Å². The molecule has 0 fully saturated rings. The van der Waals surface area contributed by atoms with E-state index in [4.69, 9.17) is 10.5 Å². The van der Waals surface area contributed by atoms with E-state index in [-0.39, 0.29) is 12.0 Å². The van der Waals surface area contributed by atoms with Crippen LogP contribution in [0.25, 0.3) is 11.1 Å². The van der Waals surface area contributed by atoms with Gasteiger partial charge in [-0.3, -0.25) is 14.6 Å². The number of amides is 2. The second-order valence-electron chi connectivity index (χ2n) is 7.71. The Bertz CT molecular complexity index is 1080. The zero-order valence-electron chi connectivity index (χ0n) is 17.2. The lowest BCUT2D eigenvalue weighted by molar-refractivity contribution is -0.121. The summed E-state index contributed by atoms with van der Waals surface area (Å²) in [5.41, 5.74) is 9.69. The molecular weight excluding hydrogens is 390 g/mol. The fourth-order valence-corrected chi connectivity index (χ4v) is 3.82. The molecule has 6 nitrogen and oxygen atoms in total. The minimum absolute atomic E-state index is 0.0362. The van der Waals surface area contributed by atoms with Crippen LogP contribution in [0, 0.1) is 0 Å². The molecule has 1 aromatic heterocycles. The third kappa shape index (κ3) is 5.09. The number of primary amides is 1. The maximum absolute atomic E-state index is 12.2. The van der Waals surface area contributed by atoms with Gasteiger partial charge in [0, 0.05) is 36.4 Å². The number of aromatic nitrogens is 1. The van der Waals surface area contributed by atoms with Crippen LogP contribution < -0.4 is 15.8 Å². The smallest absolute Gasteiger partial charge is 0.250 e. The number of nitrogens with two attached hydrogens (primary N) is 1. The van der Waals surface area contributed by atoms with Crippen LogP contribution in [0.2, 0.25) is 0 Å². The lowest BCUT2D eigenvalue weighted by atomic mass is 10.0. The number of carbonyl (C=O) groups is 2. The average molecular weight is 415 g/mol. The van der Waals surface area contributed by atoms with E-state index in [1.165, 1.54) is 11.8 Å². The summed E-state index contributed by atoms with van der Waals surface area (Å²) in [5.74, 6) is 0.291. The zero-order valence-corrected chi connectivity index (χ0v) is 17.2. The highest BCUT2D eigenvalue weighted by Crippen LogP contribution is 2.38. The second kappa shape index (κ2) is 9.43. The largest absolute Gasteiger partial charge is 0.487 e. The number of hydrogen-bond acceptors (Lipinski definition) is 4. The standard InChI is InChI=1S/C25H25N3O3/c26-25(30)20-12-19(14-27-15-20)22-10-5-9-18-13-21(31-24(18)22)16-28-23(29)11-4-8-17-6-2-1-3-7-17/h1-3,5-7,9-10,12,14-15,21H,4,8,11,13,16H2,(H2,26,30)(H,28,29). The van der Waals surface area contributed by atoms with Crippen molar-refractivity contribution in [2.75, 3.05) is 6.54 Å². The van der Waals surface area contributed by atoms with Gasteiger partial charge >= 0.3 is 0 Å². The Morgan fingerprint density at radius 3 is 2.74 bits per heavy atom. The van der Waals surface area contributed by atoms with E-state index in [0.717, 1.165) is 41.7 Å². The van der Waals surface area contributed by atoms with E-state index in [9.17, 15) is 9.59 Å². The Kier molecular flexibility index (Phi) is 6.26. The van der Waals surface area contributed by atoms with Crippen molar-refractivity contribution in [3.8, 4) is 16.9 Å². The van der Waals surface area contributed by atoms with Crippen LogP contribution >= 0.6 is 0 Å². The summed E-state index contributed by atoms with van der Waals surface area (Å²) in [4.78, 5) is 27.8. The van der Waals surface area contributed by atoms with Gasteiger partial charge in [0.25, 0.3) is 0 Å². The highest BCUT2D eigenvalue weighted by atomic mass is 16.5. The SMILES string of the molecule is NC(=O)c1cncc(-c2cccc3c2OC(CNC(=O)CCCc2ccccc2)C3)c1. The first-order valence-electron chi connectivity index (χ1n) is 10.4. The predicted molar refractivity (Wildman–Crippen MR) is 119 cm³/mol. The number of para-hydroxylation sites is 1. The molecule has 1 aliphatic rings. The monoisotopic (exact) mass is 415 g/mol. The van der Waals surface area contributed by atoms with Crippen molar-refractivity contribution in [1.29, 1.82) is 0 Å². The molecule has 6 heteroatoms. The molecule has 4 rings (SSSR count). The van der Waals surface area contributed by atoms with E-state index < -0.39 is 5.91 Å². The van der Waals surface area contributed by atoms with Crippen molar-refractivity contribution in [1.82, 2.24) is 10.3 Å². The van der Waals surface area contributed by atoms with Crippen molar-refractivity contribution < 1.29 is 14.3 Å². The van der Waals surface area contributed by atoms with E-state index in [1.54, 1.807) is 12.3 Å². The molecule has 158 valence electrons. The van der Waals surface area contributed by atoms with Crippen molar-refractivity contribution in [2.45, 2.75) is 31.8 Å². The van der Waals surface area contributed by atoms with Crippen LogP contribution in [0.15, 0.2) is 67.0 Å². The lowest BCUT2D eigenvalue weighted by Gasteiger charge is -2.14. The molecule has 0 aliphatic carbocycles. The molecular formula is C25H25N3O3. The molecule has 0 radical (unpaired) electrons. The molecule has 2 amide bonds. The Hall–Kier alpha value is -3.67. The molecule has 2 heterocycles. The van der Waals surface area contributed by atoms with Gasteiger partial charge in [0.2, 0.25) is 11.8 Å². The average Bonchev–Trinajstić information content (AvgIpc) is 3.22. The topological polar surface area (TPSA) is 94.3 Å². The Balaban J connectivity index is 1.33. The van der Waals surface area contributed by atoms with Crippen molar-refractivity contribution >= 4 is 11.8 Å². The Morgan fingerprint density at radius 2 is 1.94 bits per heavy atom. The number of ether oxygens (including phenoxy) is 1. The van der Waals surface area contributed by atoms with Crippen LogP contribution in [-0.2, 0) is 17.6 Å². The molecule has 0 saturated carbocycles. The van der Waals surface area contributed by atoms with Gasteiger partial charge in [0.05, 0.1) is 12.1 Å². The number of carbonyl (C=O) groups excluding carboxylic acids is 2. The number of fused-ring (bicyclic) bond motifs is 1. The summed E-state index contributed by atoms with van der Waals surface area (Å²) in [6.45, 7) is 0.456. The molecule has 1 aliphatic heterocycles. The van der Waals surface area contributed by atoms with Crippen LogP contribution in [0.1, 0.15) is 34.3 Å². The zero-order chi connectivity index (χ0) is 21.6. The number of rotatable bonds is 8. The summed E-state index contributed by atoms with van der Waals surface area (Å²) in [6.07, 6.45) is 5.93. The number of hydrogen-bond donors (Lipinski definition) is 2. The van der Waals surface area contributed by atoms with E-state index >= 15 is 0 Å². The van der Waals surface area contributed by atoms with Gasteiger partial charge < -0.3 is 15.8 Å². The van der Waals surface area contributed by atoms with Crippen LogP contribution in [0.4, 0.5) is 0 Å². The number of benzene rings is 2. The Labute approximate surface area is 181 Å².